The van der Waals surface area contributed by atoms with Gasteiger partial charge < -0.3 is 5.32 Å². The zero-order valence-corrected chi connectivity index (χ0v) is 15.1. The molecule has 0 spiro atoms. The minimum atomic E-state index is -0.512. The third-order valence-corrected chi connectivity index (χ3v) is 4.58. The lowest BCUT2D eigenvalue weighted by molar-refractivity contribution is -0.120. The van der Waals surface area contributed by atoms with E-state index in [4.69, 9.17) is 11.6 Å². The Morgan fingerprint density at radius 1 is 0.960 bits per heavy atom. The highest BCUT2D eigenvalue weighted by Gasteiger charge is 2.39. The van der Waals surface area contributed by atoms with Crippen LogP contribution >= 0.6 is 11.6 Å². The predicted octanol–water partition coefficient (Wildman–Crippen LogP) is 4.55. The molecule has 0 aliphatic carbocycles. The first-order valence-corrected chi connectivity index (χ1v) is 8.49. The second-order valence-corrected chi connectivity index (χ2v) is 6.70. The summed E-state index contributed by atoms with van der Waals surface area (Å²) >= 11 is 6.16. The van der Waals surface area contributed by atoms with Gasteiger partial charge in [-0.3, -0.25) is 9.59 Å². The average Bonchev–Trinajstić information content (AvgIpc) is 2.80. The number of nitrogens with one attached hydrogen (secondary N) is 1. The molecule has 0 radical (unpaired) electrons. The summed E-state index contributed by atoms with van der Waals surface area (Å²) < 4.78 is 0. The number of para-hydroxylation sites is 1. The number of carbonyl (C=O) groups excluding carboxylic acids is 2. The second-order valence-electron chi connectivity index (χ2n) is 6.32. The van der Waals surface area contributed by atoms with E-state index in [-0.39, 0.29) is 10.7 Å². The minimum absolute atomic E-state index is 0.0961. The van der Waals surface area contributed by atoms with Crippen molar-refractivity contribution in [1.29, 1.82) is 0 Å². The van der Waals surface area contributed by atoms with Gasteiger partial charge in [0.05, 0.1) is 5.69 Å². The highest BCUT2D eigenvalue weighted by Crippen LogP contribution is 2.32. The van der Waals surface area contributed by atoms with Crippen LogP contribution in [0, 0.1) is 6.92 Å². The largest absolute Gasteiger partial charge is 0.350 e. The number of rotatable bonds is 4. The molecular formula is C20H19ClN2O2. The molecule has 2 aromatic carbocycles. The first-order valence-electron chi connectivity index (χ1n) is 8.11. The Labute approximate surface area is 152 Å². The maximum atomic E-state index is 12.8. The van der Waals surface area contributed by atoms with Gasteiger partial charge in [0.2, 0.25) is 0 Å². The van der Waals surface area contributed by atoms with Crippen molar-refractivity contribution in [2.45, 2.75) is 26.7 Å². The Balaban J connectivity index is 1.88. The predicted molar refractivity (Wildman–Crippen MR) is 101 cm³/mol. The molecule has 1 aliphatic rings. The topological polar surface area (TPSA) is 49.4 Å². The molecule has 5 heteroatoms. The molecule has 0 aromatic heterocycles. The van der Waals surface area contributed by atoms with Gasteiger partial charge in [-0.25, -0.2) is 4.90 Å². The summed E-state index contributed by atoms with van der Waals surface area (Å²) in [5.41, 5.74) is 3.39. The van der Waals surface area contributed by atoms with Crippen LogP contribution in [0.1, 0.15) is 30.9 Å². The molecule has 0 saturated heterocycles. The summed E-state index contributed by atoms with van der Waals surface area (Å²) in [6, 6.07) is 14.9. The summed E-state index contributed by atoms with van der Waals surface area (Å²) in [6.45, 7) is 6.07. The van der Waals surface area contributed by atoms with Gasteiger partial charge in [0, 0.05) is 5.69 Å². The van der Waals surface area contributed by atoms with Gasteiger partial charge in [0.25, 0.3) is 11.8 Å². The van der Waals surface area contributed by atoms with E-state index in [0.717, 1.165) is 10.5 Å². The number of aryl methyl sites for hydroxylation is 1. The number of nitrogens with zero attached hydrogens (tertiary/aromatic N) is 1. The Morgan fingerprint density at radius 3 is 2.20 bits per heavy atom. The van der Waals surface area contributed by atoms with E-state index >= 15 is 0 Å². The third kappa shape index (κ3) is 3.17. The molecule has 1 heterocycles. The van der Waals surface area contributed by atoms with Crippen LogP contribution < -0.4 is 10.2 Å². The summed E-state index contributed by atoms with van der Waals surface area (Å²) in [4.78, 5) is 26.4. The van der Waals surface area contributed by atoms with Gasteiger partial charge in [-0.2, -0.15) is 0 Å². The molecule has 1 N–H and O–H groups in total. The van der Waals surface area contributed by atoms with Gasteiger partial charge in [-0.05, 0) is 42.2 Å². The van der Waals surface area contributed by atoms with Crippen LogP contribution in [0.15, 0.2) is 59.3 Å². The molecule has 2 amide bonds. The smallest absolute Gasteiger partial charge is 0.283 e. The van der Waals surface area contributed by atoms with Crippen molar-refractivity contribution < 1.29 is 9.59 Å². The molecule has 1 aliphatic heterocycles. The van der Waals surface area contributed by atoms with Crippen LogP contribution in [0.3, 0.4) is 0 Å². The third-order valence-electron chi connectivity index (χ3n) is 4.23. The van der Waals surface area contributed by atoms with E-state index in [1.54, 1.807) is 12.1 Å². The van der Waals surface area contributed by atoms with Crippen molar-refractivity contribution in [3.8, 4) is 0 Å². The minimum Gasteiger partial charge on any atom is -0.350 e. The van der Waals surface area contributed by atoms with Gasteiger partial charge in [0.1, 0.15) is 10.7 Å². The van der Waals surface area contributed by atoms with Gasteiger partial charge in [0.15, 0.2) is 0 Å². The fraction of sp³-hybridized carbons (Fsp3) is 0.200. The normalized spacial score (nSPS) is 14.7. The maximum absolute atomic E-state index is 12.8. The lowest BCUT2D eigenvalue weighted by atomic mass is 10.0. The number of imide groups is 1. The zero-order chi connectivity index (χ0) is 18.1. The fourth-order valence-corrected chi connectivity index (χ4v) is 2.95. The van der Waals surface area contributed by atoms with Crippen molar-refractivity contribution in [3.05, 3.63) is 70.4 Å². The molecule has 0 unspecified atom stereocenters. The summed E-state index contributed by atoms with van der Waals surface area (Å²) in [6.07, 6.45) is 0. The van der Waals surface area contributed by atoms with Crippen molar-refractivity contribution in [1.82, 2.24) is 0 Å². The Kier molecular flexibility index (Phi) is 4.64. The highest BCUT2D eigenvalue weighted by molar-refractivity contribution is 6.53. The van der Waals surface area contributed by atoms with Crippen molar-refractivity contribution >= 4 is 34.8 Å². The molecule has 128 valence electrons. The molecule has 0 atom stereocenters. The van der Waals surface area contributed by atoms with Crippen molar-refractivity contribution in [2.24, 2.45) is 0 Å². The number of benzene rings is 2. The van der Waals surface area contributed by atoms with E-state index in [2.05, 4.69) is 19.2 Å². The quantitative estimate of drug-likeness (QED) is 0.819. The Morgan fingerprint density at radius 2 is 1.60 bits per heavy atom. The molecule has 2 aromatic rings. The SMILES string of the molecule is Cc1ccccc1N1C(=O)C(Cl)=C(Nc2ccc(C(C)C)cc2)C1=O. The number of halogens is 1. The van der Waals surface area contributed by atoms with E-state index < -0.39 is 11.8 Å². The van der Waals surface area contributed by atoms with Gasteiger partial charge >= 0.3 is 0 Å². The van der Waals surface area contributed by atoms with E-state index in [9.17, 15) is 9.59 Å². The van der Waals surface area contributed by atoms with E-state index in [0.29, 0.717) is 17.3 Å². The maximum Gasteiger partial charge on any atom is 0.283 e. The summed E-state index contributed by atoms with van der Waals surface area (Å²) in [5, 5.41) is 2.90. The van der Waals surface area contributed by atoms with Gasteiger partial charge in [-0.15, -0.1) is 0 Å². The molecule has 0 bridgehead atoms. The number of anilines is 2. The fourth-order valence-electron chi connectivity index (χ4n) is 2.74. The summed E-state index contributed by atoms with van der Waals surface area (Å²) in [7, 11) is 0. The Bertz CT molecular complexity index is 870. The Hall–Kier alpha value is -2.59. The number of hydrogen-bond donors (Lipinski definition) is 1. The highest BCUT2D eigenvalue weighted by atomic mass is 35.5. The van der Waals surface area contributed by atoms with Crippen LogP contribution in [-0.2, 0) is 9.59 Å². The molecule has 3 rings (SSSR count). The van der Waals surface area contributed by atoms with Crippen molar-refractivity contribution in [2.75, 3.05) is 10.2 Å². The lowest BCUT2D eigenvalue weighted by Crippen LogP contribution is -2.32. The molecule has 0 saturated carbocycles. The van der Waals surface area contributed by atoms with Crippen LogP contribution in [-0.4, -0.2) is 11.8 Å². The molecule has 4 nitrogen and oxygen atoms in total. The first-order chi connectivity index (χ1) is 11.9. The monoisotopic (exact) mass is 354 g/mol. The van der Waals surface area contributed by atoms with Crippen LogP contribution in [0.4, 0.5) is 11.4 Å². The number of carbonyl (C=O) groups is 2. The average molecular weight is 355 g/mol. The van der Waals surface area contributed by atoms with Crippen LogP contribution in [0.2, 0.25) is 0 Å². The lowest BCUT2D eigenvalue weighted by Gasteiger charge is -2.17. The second kappa shape index (κ2) is 6.73. The van der Waals surface area contributed by atoms with E-state index in [1.165, 1.54) is 5.56 Å². The zero-order valence-electron chi connectivity index (χ0n) is 14.3. The van der Waals surface area contributed by atoms with Gasteiger partial charge in [-0.1, -0.05) is 55.8 Å². The van der Waals surface area contributed by atoms with Crippen LogP contribution in [0.25, 0.3) is 0 Å². The molecular weight excluding hydrogens is 336 g/mol. The number of amides is 2. The molecule has 25 heavy (non-hydrogen) atoms. The molecule has 0 fully saturated rings. The summed E-state index contributed by atoms with van der Waals surface area (Å²) in [5.74, 6) is -0.539. The number of hydrogen-bond acceptors (Lipinski definition) is 3. The van der Waals surface area contributed by atoms with Crippen LogP contribution in [0.5, 0.6) is 0 Å². The first kappa shape index (κ1) is 17.2. The van der Waals surface area contributed by atoms with Crippen molar-refractivity contribution in [3.63, 3.8) is 0 Å². The standard InChI is InChI=1S/C20H19ClN2O2/c1-12(2)14-8-10-15(11-9-14)22-18-17(21)19(24)23(20(18)25)16-7-5-4-6-13(16)3/h4-12,22H,1-3H3. The van der Waals surface area contributed by atoms with E-state index in [1.807, 2.05) is 43.3 Å².